The van der Waals surface area contributed by atoms with Gasteiger partial charge < -0.3 is 10.8 Å². The van der Waals surface area contributed by atoms with Crippen LogP contribution in [0.25, 0.3) is 0 Å². The predicted octanol–water partition coefficient (Wildman–Crippen LogP) is 4.10. The molecule has 0 aliphatic heterocycles. The van der Waals surface area contributed by atoms with Crippen molar-refractivity contribution in [1.29, 1.82) is 0 Å². The zero-order valence-electron chi connectivity index (χ0n) is 13.2. The van der Waals surface area contributed by atoms with Crippen LogP contribution in [0.1, 0.15) is 46.0 Å². The molecular formula is C19H27NO. The van der Waals surface area contributed by atoms with Gasteiger partial charge in [0.1, 0.15) is 0 Å². The van der Waals surface area contributed by atoms with Gasteiger partial charge in [-0.1, -0.05) is 37.6 Å². The highest BCUT2D eigenvalue weighted by molar-refractivity contribution is 5.34. The van der Waals surface area contributed by atoms with Crippen LogP contribution in [0.4, 0.5) is 0 Å². The van der Waals surface area contributed by atoms with Gasteiger partial charge in [0.05, 0.1) is 5.76 Å². The van der Waals surface area contributed by atoms with Crippen molar-refractivity contribution in [2.24, 2.45) is 34.3 Å². The van der Waals surface area contributed by atoms with Gasteiger partial charge in [-0.15, -0.1) is 0 Å². The highest BCUT2D eigenvalue weighted by Gasteiger charge is 2.56. The predicted molar refractivity (Wildman–Crippen MR) is 85.7 cm³/mol. The second-order valence-corrected chi connectivity index (χ2v) is 8.13. The SMILES string of the molecule is C[C@]12C=CC(N)CC1=CC[C@@H]1[C@H]2CC[C@]2(C)C(O)=CC[C@@H]12. The molecule has 2 nitrogen and oxygen atoms in total. The fourth-order valence-corrected chi connectivity index (χ4v) is 5.82. The summed E-state index contributed by atoms with van der Waals surface area (Å²) in [6.45, 7) is 4.70. The third-order valence-electron chi connectivity index (χ3n) is 7.22. The lowest BCUT2D eigenvalue weighted by molar-refractivity contribution is -0.00851. The zero-order chi connectivity index (χ0) is 14.8. The van der Waals surface area contributed by atoms with Gasteiger partial charge in [-0.2, -0.15) is 0 Å². The summed E-state index contributed by atoms with van der Waals surface area (Å²) in [5.41, 5.74) is 7.94. The Hall–Kier alpha value is -1.02. The van der Waals surface area contributed by atoms with Crippen LogP contribution in [0.5, 0.6) is 0 Å². The van der Waals surface area contributed by atoms with E-state index in [1.807, 2.05) is 0 Å². The lowest BCUT2D eigenvalue weighted by Gasteiger charge is -2.55. The van der Waals surface area contributed by atoms with Crippen LogP contribution in [-0.2, 0) is 0 Å². The molecule has 0 amide bonds. The van der Waals surface area contributed by atoms with E-state index < -0.39 is 0 Å². The number of fused-ring (bicyclic) bond motifs is 5. The second kappa shape index (κ2) is 4.25. The molecule has 4 aliphatic carbocycles. The molecule has 4 aliphatic rings. The Morgan fingerprint density at radius 3 is 2.81 bits per heavy atom. The fraction of sp³-hybridized carbons (Fsp3) is 0.684. The van der Waals surface area contributed by atoms with E-state index in [1.165, 1.54) is 12.8 Å². The van der Waals surface area contributed by atoms with Crippen LogP contribution in [0, 0.1) is 28.6 Å². The minimum atomic E-state index is 0.0393. The maximum Gasteiger partial charge on any atom is 0.0944 e. The van der Waals surface area contributed by atoms with Gasteiger partial charge in [-0.25, -0.2) is 0 Å². The fourth-order valence-electron chi connectivity index (χ4n) is 5.82. The molecule has 0 bridgehead atoms. The van der Waals surface area contributed by atoms with Gasteiger partial charge in [-0.3, -0.25) is 0 Å². The molecule has 21 heavy (non-hydrogen) atoms. The van der Waals surface area contributed by atoms with Crippen LogP contribution in [0.15, 0.2) is 35.6 Å². The molecule has 0 aromatic rings. The summed E-state index contributed by atoms with van der Waals surface area (Å²) in [7, 11) is 0. The first kappa shape index (κ1) is 13.6. The van der Waals surface area contributed by atoms with E-state index in [0.717, 1.165) is 25.2 Å². The quantitative estimate of drug-likeness (QED) is 0.658. The van der Waals surface area contributed by atoms with Crippen molar-refractivity contribution in [2.75, 3.05) is 0 Å². The Morgan fingerprint density at radius 1 is 1.19 bits per heavy atom. The molecule has 1 fully saturated rings. The molecule has 4 rings (SSSR count). The van der Waals surface area contributed by atoms with Gasteiger partial charge in [0.25, 0.3) is 0 Å². The third kappa shape index (κ3) is 1.69. The van der Waals surface area contributed by atoms with Crippen LogP contribution >= 0.6 is 0 Å². The lowest BCUT2D eigenvalue weighted by Crippen LogP contribution is -2.49. The number of aliphatic hydroxyl groups excluding tert-OH is 1. The van der Waals surface area contributed by atoms with Gasteiger partial charge in [-0.05, 0) is 55.9 Å². The van der Waals surface area contributed by atoms with E-state index in [4.69, 9.17) is 5.73 Å². The first-order chi connectivity index (χ1) is 9.95. The van der Waals surface area contributed by atoms with Crippen molar-refractivity contribution >= 4 is 0 Å². The van der Waals surface area contributed by atoms with E-state index >= 15 is 0 Å². The molecule has 2 heteroatoms. The summed E-state index contributed by atoms with van der Waals surface area (Å²) >= 11 is 0. The van der Waals surface area contributed by atoms with Crippen LogP contribution in [0.3, 0.4) is 0 Å². The van der Waals surface area contributed by atoms with E-state index in [-0.39, 0.29) is 16.9 Å². The van der Waals surface area contributed by atoms with Crippen molar-refractivity contribution in [2.45, 2.75) is 52.0 Å². The maximum atomic E-state index is 10.3. The van der Waals surface area contributed by atoms with Crippen molar-refractivity contribution < 1.29 is 5.11 Å². The van der Waals surface area contributed by atoms with Crippen LogP contribution in [-0.4, -0.2) is 11.1 Å². The minimum Gasteiger partial charge on any atom is -0.512 e. The molecule has 0 aromatic heterocycles. The second-order valence-electron chi connectivity index (χ2n) is 8.13. The summed E-state index contributed by atoms with van der Waals surface area (Å²) in [6, 6.07) is 0.201. The van der Waals surface area contributed by atoms with E-state index in [2.05, 4.69) is 38.2 Å². The van der Waals surface area contributed by atoms with Gasteiger partial charge in [0.2, 0.25) is 0 Å². The Morgan fingerprint density at radius 2 is 2.00 bits per heavy atom. The summed E-state index contributed by atoms with van der Waals surface area (Å²) in [6.07, 6.45) is 14.8. The summed E-state index contributed by atoms with van der Waals surface area (Å²) in [5.74, 6) is 2.71. The number of hydrogen-bond donors (Lipinski definition) is 2. The summed E-state index contributed by atoms with van der Waals surface area (Å²) < 4.78 is 0. The van der Waals surface area contributed by atoms with Gasteiger partial charge in [0.15, 0.2) is 0 Å². The number of rotatable bonds is 0. The van der Waals surface area contributed by atoms with Crippen molar-refractivity contribution in [3.8, 4) is 0 Å². The van der Waals surface area contributed by atoms with Crippen molar-refractivity contribution in [3.05, 3.63) is 35.6 Å². The van der Waals surface area contributed by atoms with E-state index in [0.29, 0.717) is 17.6 Å². The van der Waals surface area contributed by atoms with E-state index in [1.54, 1.807) is 5.57 Å². The number of aliphatic hydroxyl groups is 1. The zero-order valence-corrected chi connectivity index (χ0v) is 13.2. The van der Waals surface area contributed by atoms with E-state index in [9.17, 15) is 5.11 Å². The number of hydrogen-bond acceptors (Lipinski definition) is 2. The third-order valence-corrected chi connectivity index (χ3v) is 7.22. The summed E-state index contributed by atoms with van der Waals surface area (Å²) in [5, 5.41) is 10.3. The first-order valence-corrected chi connectivity index (χ1v) is 8.49. The summed E-state index contributed by atoms with van der Waals surface area (Å²) in [4.78, 5) is 0. The average molecular weight is 285 g/mol. The van der Waals surface area contributed by atoms with Crippen molar-refractivity contribution in [3.63, 3.8) is 0 Å². The van der Waals surface area contributed by atoms with Gasteiger partial charge in [0, 0.05) is 16.9 Å². The molecule has 3 N–H and O–H groups in total. The maximum absolute atomic E-state index is 10.3. The number of allylic oxidation sites excluding steroid dienone is 4. The van der Waals surface area contributed by atoms with Crippen LogP contribution in [0.2, 0.25) is 0 Å². The highest BCUT2D eigenvalue weighted by Crippen LogP contribution is 2.63. The average Bonchev–Trinajstić information content (AvgIpc) is 2.76. The minimum absolute atomic E-state index is 0.0393. The Kier molecular flexibility index (Phi) is 2.76. The first-order valence-electron chi connectivity index (χ1n) is 8.49. The topological polar surface area (TPSA) is 46.2 Å². The molecule has 1 saturated carbocycles. The lowest BCUT2D eigenvalue weighted by atomic mass is 9.49. The molecule has 114 valence electrons. The Balaban J connectivity index is 1.71. The monoisotopic (exact) mass is 285 g/mol. The van der Waals surface area contributed by atoms with Crippen LogP contribution < -0.4 is 5.73 Å². The molecule has 0 heterocycles. The Labute approximate surface area is 127 Å². The van der Waals surface area contributed by atoms with Crippen molar-refractivity contribution in [1.82, 2.24) is 0 Å². The highest BCUT2D eigenvalue weighted by atomic mass is 16.3. The standard InChI is InChI=1S/C19H27NO/c1-18-9-7-13(20)11-12(18)3-4-14-15-5-6-17(21)19(15,2)10-8-16(14)18/h3,6-7,9,13-16,21H,4-5,8,10-11,20H2,1-2H3/t13?,14-,15-,16+,18-,19-/m0/s1. The molecule has 6 atom stereocenters. The molecule has 0 aromatic carbocycles. The number of nitrogens with two attached hydrogens (primary N) is 1. The molecule has 1 unspecified atom stereocenters. The normalized spacial score (nSPS) is 51.6. The molecular weight excluding hydrogens is 258 g/mol. The van der Waals surface area contributed by atoms with Gasteiger partial charge >= 0.3 is 0 Å². The smallest absolute Gasteiger partial charge is 0.0944 e. The molecule has 0 spiro atoms. The molecule has 0 saturated heterocycles. The molecule has 0 radical (unpaired) electrons. The Bertz CT molecular complexity index is 560. The largest absolute Gasteiger partial charge is 0.512 e.